The third-order valence-corrected chi connectivity index (χ3v) is 3.18. The number of amides is 1. The highest BCUT2D eigenvalue weighted by atomic mass is 35.5. The lowest BCUT2D eigenvalue weighted by Gasteiger charge is -2.12. The number of hydrogen-bond donors (Lipinski definition) is 1. The molecule has 0 unspecified atom stereocenters. The average molecular weight is 326 g/mol. The first-order valence-electron chi connectivity index (χ1n) is 6.54. The molecule has 2 rings (SSSR count). The first kappa shape index (κ1) is 16.1. The van der Waals surface area contributed by atoms with Crippen LogP contribution in [0.1, 0.15) is 18.2 Å². The molecule has 0 aliphatic heterocycles. The summed E-state index contributed by atoms with van der Waals surface area (Å²) in [7, 11) is 2.99. The SMILES string of the molecule is COc1cc(NC(=O)CCc2nnc(C)o2)c(OC)cc1Cl. The van der Waals surface area contributed by atoms with Crippen molar-refractivity contribution in [2.45, 2.75) is 19.8 Å². The van der Waals surface area contributed by atoms with E-state index in [0.717, 1.165) is 0 Å². The fourth-order valence-corrected chi connectivity index (χ4v) is 2.06. The Morgan fingerprint density at radius 2 is 2.00 bits per heavy atom. The Morgan fingerprint density at radius 3 is 2.59 bits per heavy atom. The van der Waals surface area contributed by atoms with Crippen LogP contribution in [0, 0.1) is 6.92 Å². The number of nitrogens with zero attached hydrogens (tertiary/aromatic N) is 2. The van der Waals surface area contributed by atoms with Crippen LogP contribution in [-0.4, -0.2) is 30.3 Å². The summed E-state index contributed by atoms with van der Waals surface area (Å²) < 4.78 is 15.5. The molecule has 8 heteroatoms. The molecule has 0 spiro atoms. The van der Waals surface area contributed by atoms with Crippen LogP contribution in [0.15, 0.2) is 16.5 Å². The van der Waals surface area contributed by atoms with E-state index in [2.05, 4.69) is 15.5 Å². The zero-order valence-electron chi connectivity index (χ0n) is 12.5. The Kier molecular flexibility index (Phi) is 5.21. The van der Waals surface area contributed by atoms with Crippen molar-refractivity contribution in [1.29, 1.82) is 0 Å². The van der Waals surface area contributed by atoms with Gasteiger partial charge in [0.2, 0.25) is 17.7 Å². The Labute approximate surface area is 132 Å². The summed E-state index contributed by atoms with van der Waals surface area (Å²) in [5.74, 6) is 1.59. The average Bonchev–Trinajstić information content (AvgIpc) is 2.92. The van der Waals surface area contributed by atoms with Gasteiger partial charge in [-0.25, -0.2) is 0 Å². The summed E-state index contributed by atoms with van der Waals surface area (Å²) in [6.07, 6.45) is 0.565. The largest absolute Gasteiger partial charge is 0.495 e. The van der Waals surface area contributed by atoms with Gasteiger partial charge in [0.25, 0.3) is 0 Å². The van der Waals surface area contributed by atoms with Crippen LogP contribution in [0.2, 0.25) is 5.02 Å². The van der Waals surface area contributed by atoms with Crippen LogP contribution in [0.25, 0.3) is 0 Å². The number of hydrogen-bond acceptors (Lipinski definition) is 6. The Bertz CT molecular complexity index is 672. The molecule has 0 aliphatic rings. The first-order valence-corrected chi connectivity index (χ1v) is 6.91. The first-order chi connectivity index (χ1) is 10.5. The van der Waals surface area contributed by atoms with E-state index in [0.29, 0.717) is 40.4 Å². The molecule has 2 aromatic rings. The number of carbonyl (C=O) groups excluding carboxylic acids is 1. The molecule has 0 atom stereocenters. The smallest absolute Gasteiger partial charge is 0.224 e. The van der Waals surface area contributed by atoms with Gasteiger partial charge in [0.15, 0.2) is 0 Å². The van der Waals surface area contributed by atoms with Crippen LogP contribution < -0.4 is 14.8 Å². The molecule has 0 saturated carbocycles. The van der Waals surface area contributed by atoms with Crippen molar-refractivity contribution in [3.8, 4) is 11.5 Å². The van der Waals surface area contributed by atoms with Gasteiger partial charge in [0.1, 0.15) is 11.5 Å². The topological polar surface area (TPSA) is 86.5 Å². The highest BCUT2D eigenvalue weighted by Crippen LogP contribution is 2.35. The van der Waals surface area contributed by atoms with E-state index in [9.17, 15) is 4.79 Å². The van der Waals surface area contributed by atoms with E-state index < -0.39 is 0 Å². The fourth-order valence-electron chi connectivity index (χ4n) is 1.83. The summed E-state index contributed by atoms with van der Waals surface area (Å²) in [4.78, 5) is 12.0. The predicted octanol–water partition coefficient (Wildman–Crippen LogP) is 2.62. The standard InChI is InChI=1S/C14H16ClN3O4/c1-8-17-18-14(22-8)5-4-13(19)16-10-7-11(20-2)9(15)6-12(10)21-3/h6-7H,4-5H2,1-3H3,(H,16,19). The van der Waals surface area contributed by atoms with Gasteiger partial charge >= 0.3 is 0 Å². The minimum Gasteiger partial charge on any atom is -0.495 e. The van der Waals surface area contributed by atoms with Gasteiger partial charge < -0.3 is 19.2 Å². The molecule has 0 saturated heterocycles. The lowest BCUT2D eigenvalue weighted by Crippen LogP contribution is -2.13. The maximum atomic E-state index is 12.0. The van der Waals surface area contributed by atoms with Crippen molar-refractivity contribution in [1.82, 2.24) is 10.2 Å². The molecule has 7 nitrogen and oxygen atoms in total. The minimum atomic E-state index is -0.210. The second-order valence-corrected chi connectivity index (χ2v) is 4.86. The van der Waals surface area contributed by atoms with E-state index in [4.69, 9.17) is 25.5 Å². The zero-order valence-corrected chi connectivity index (χ0v) is 13.2. The number of benzene rings is 1. The predicted molar refractivity (Wildman–Crippen MR) is 80.5 cm³/mol. The van der Waals surface area contributed by atoms with Crippen LogP contribution in [0.5, 0.6) is 11.5 Å². The molecular formula is C14H16ClN3O4. The monoisotopic (exact) mass is 325 g/mol. The quantitative estimate of drug-likeness (QED) is 0.878. The van der Waals surface area contributed by atoms with E-state index in [1.54, 1.807) is 19.1 Å². The maximum Gasteiger partial charge on any atom is 0.224 e. The van der Waals surface area contributed by atoms with Crippen molar-refractivity contribution in [3.05, 3.63) is 28.9 Å². The molecule has 1 aromatic carbocycles. The fraction of sp³-hybridized carbons (Fsp3) is 0.357. The number of ether oxygens (including phenoxy) is 2. The Hall–Kier alpha value is -2.28. The molecule has 1 heterocycles. The van der Waals surface area contributed by atoms with Gasteiger partial charge in [-0.2, -0.15) is 0 Å². The molecule has 22 heavy (non-hydrogen) atoms. The van der Waals surface area contributed by atoms with Gasteiger partial charge in [-0.1, -0.05) is 11.6 Å². The van der Waals surface area contributed by atoms with Gasteiger partial charge in [0.05, 0.1) is 24.9 Å². The van der Waals surface area contributed by atoms with Crippen molar-refractivity contribution in [2.24, 2.45) is 0 Å². The van der Waals surface area contributed by atoms with E-state index in [1.165, 1.54) is 14.2 Å². The number of anilines is 1. The summed E-state index contributed by atoms with van der Waals surface area (Å²) in [6, 6.07) is 3.19. The number of methoxy groups -OCH3 is 2. The minimum absolute atomic E-state index is 0.204. The van der Waals surface area contributed by atoms with Crippen molar-refractivity contribution >= 4 is 23.2 Å². The third kappa shape index (κ3) is 3.88. The van der Waals surface area contributed by atoms with Crippen LogP contribution in [0.4, 0.5) is 5.69 Å². The molecule has 1 N–H and O–H groups in total. The highest BCUT2D eigenvalue weighted by Gasteiger charge is 2.13. The van der Waals surface area contributed by atoms with Crippen LogP contribution in [-0.2, 0) is 11.2 Å². The van der Waals surface area contributed by atoms with Crippen LogP contribution in [0.3, 0.4) is 0 Å². The Balaban J connectivity index is 2.04. The molecular weight excluding hydrogens is 310 g/mol. The second kappa shape index (κ2) is 7.13. The van der Waals surface area contributed by atoms with Gasteiger partial charge in [-0.3, -0.25) is 4.79 Å². The van der Waals surface area contributed by atoms with Crippen molar-refractivity contribution in [3.63, 3.8) is 0 Å². The van der Waals surface area contributed by atoms with Crippen LogP contribution >= 0.6 is 11.6 Å². The summed E-state index contributed by atoms with van der Waals surface area (Å²) >= 11 is 6.02. The summed E-state index contributed by atoms with van der Waals surface area (Å²) in [5.41, 5.74) is 0.482. The van der Waals surface area contributed by atoms with Gasteiger partial charge in [-0.15, -0.1) is 10.2 Å². The van der Waals surface area contributed by atoms with Gasteiger partial charge in [0, 0.05) is 31.9 Å². The summed E-state index contributed by atoms with van der Waals surface area (Å²) in [6.45, 7) is 1.70. The number of aryl methyl sites for hydroxylation is 2. The lowest BCUT2D eigenvalue weighted by molar-refractivity contribution is -0.116. The normalized spacial score (nSPS) is 10.4. The van der Waals surface area contributed by atoms with E-state index >= 15 is 0 Å². The zero-order chi connectivity index (χ0) is 16.1. The maximum absolute atomic E-state index is 12.0. The molecule has 0 radical (unpaired) electrons. The molecule has 1 amide bonds. The lowest BCUT2D eigenvalue weighted by atomic mass is 10.2. The van der Waals surface area contributed by atoms with E-state index in [-0.39, 0.29) is 12.3 Å². The van der Waals surface area contributed by atoms with E-state index in [1.807, 2.05) is 0 Å². The summed E-state index contributed by atoms with van der Waals surface area (Å²) in [5, 5.41) is 10.7. The molecule has 118 valence electrons. The van der Waals surface area contributed by atoms with Crippen molar-refractivity contribution in [2.75, 3.05) is 19.5 Å². The number of aromatic nitrogens is 2. The Morgan fingerprint density at radius 1 is 1.27 bits per heavy atom. The molecule has 0 aliphatic carbocycles. The highest BCUT2D eigenvalue weighted by molar-refractivity contribution is 6.32. The molecule has 0 bridgehead atoms. The number of rotatable bonds is 6. The number of halogens is 1. The molecule has 1 aromatic heterocycles. The number of nitrogens with one attached hydrogen (secondary N) is 1. The third-order valence-electron chi connectivity index (χ3n) is 2.88. The second-order valence-electron chi connectivity index (χ2n) is 4.45. The molecule has 0 fully saturated rings. The van der Waals surface area contributed by atoms with Crippen molar-refractivity contribution < 1.29 is 18.7 Å². The number of carbonyl (C=O) groups is 1. The van der Waals surface area contributed by atoms with Gasteiger partial charge in [-0.05, 0) is 0 Å².